The van der Waals surface area contributed by atoms with Crippen LogP contribution < -0.4 is 5.32 Å². The van der Waals surface area contributed by atoms with E-state index in [0.29, 0.717) is 23.0 Å². The van der Waals surface area contributed by atoms with Gasteiger partial charge in [-0.15, -0.1) is 0 Å². The standard InChI is InChI=1S/C18H13N3O4/c22-18(14-10-17(25-21-14)15-7-4-8-23-15)19-11-13-9-16(24-20-13)12-5-2-1-3-6-12/h1-10H,11H2,(H,19,22). The van der Waals surface area contributed by atoms with Crippen molar-refractivity contribution in [2.24, 2.45) is 0 Å². The third kappa shape index (κ3) is 3.20. The first kappa shape index (κ1) is 14.9. The van der Waals surface area contributed by atoms with E-state index >= 15 is 0 Å². The number of benzene rings is 1. The van der Waals surface area contributed by atoms with E-state index < -0.39 is 0 Å². The average Bonchev–Trinajstić information content (AvgIpc) is 3.41. The van der Waals surface area contributed by atoms with Gasteiger partial charge in [-0.1, -0.05) is 40.6 Å². The molecule has 25 heavy (non-hydrogen) atoms. The number of aromatic nitrogens is 2. The van der Waals surface area contributed by atoms with Gasteiger partial charge in [-0.3, -0.25) is 4.79 Å². The van der Waals surface area contributed by atoms with Crippen molar-refractivity contribution in [3.05, 3.63) is 72.2 Å². The first-order valence-corrected chi connectivity index (χ1v) is 7.59. The molecule has 7 heteroatoms. The molecule has 4 rings (SSSR count). The van der Waals surface area contributed by atoms with Crippen LogP contribution in [0.1, 0.15) is 16.2 Å². The highest BCUT2D eigenvalue weighted by Crippen LogP contribution is 2.21. The van der Waals surface area contributed by atoms with Crippen LogP contribution in [0.4, 0.5) is 0 Å². The van der Waals surface area contributed by atoms with Gasteiger partial charge in [-0.2, -0.15) is 0 Å². The summed E-state index contributed by atoms with van der Waals surface area (Å²) in [6.45, 7) is 0.220. The van der Waals surface area contributed by atoms with Crippen LogP contribution in [0.5, 0.6) is 0 Å². The Bertz CT molecular complexity index is 971. The minimum atomic E-state index is -0.370. The summed E-state index contributed by atoms with van der Waals surface area (Å²) in [4.78, 5) is 12.2. The molecule has 7 nitrogen and oxygen atoms in total. The van der Waals surface area contributed by atoms with Gasteiger partial charge < -0.3 is 18.8 Å². The summed E-state index contributed by atoms with van der Waals surface area (Å²) in [5, 5.41) is 10.4. The Morgan fingerprint density at radius 1 is 0.920 bits per heavy atom. The molecule has 0 atom stereocenters. The summed E-state index contributed by atoms with van der Waals surface area (Å²) in [5.74, 6) is 1.18. The number of nitrogens with zero attached hydrogens (tertiary/aromatic N) is 2. The Morgan fingerprint density at radius 2 is 1.76 bits per heavy atom. The highest BCUT2D eigenvalue weighted by atomic mass is 16.5. The molecule has 124 valence electrons. The summed E-state index contributed by atoms with van der Waals surface area (Å²) in [6.07, 6.45) is 1.52. The van der Waals surface area contributed by atoms with Crippen molar-refractivity contribution < 1.29 is 18.3 Å². The molecule has 3 heterocycles. The smallest absolute Gasteiger partial charge is 0.273 e. The molecule has 0 aliphatic rings. The summed E-state index contributed by atoms with van der Waals surface area (Å²) in [5.41, 5.74) is 1.70. The fraction of sp³-hybridized carbons (Fsp3) is 0.0556. The van der Waals surface area contributed by atoms with Gasteiger partial charge in [-0.25, -0.2) is 0 Å². The van der Waals surface area contributed by atoms with Gasteiger partial charge in [0.15, 0.2) is 17.2 Å². The topological polar surface area (TPSA) is 94.3 Å². The first-order chi connectivity index (χ1) is 12.3. The largest absolute Gasteiger partial charge is 0.461 e. The van der Waals surface area contributed by atoms with Gasteiger partial charge in [0, 0.05) is 17.7 Å². The van der Waals surface area contributed by atoms with Crippen molar-refractivity contribution in [1.29, 1.82) is 0 Å². The molecular formula is C18H13N3O4. The van der Waals surface area contributed by atoms with Gasteiger partial charge in [0.25, 0.3) is 5.91 Å². The van der Waals surface area contributed by atoms with Gasteiger partial charge in [0.05, 0.1) is 12.8 Å². The number of hydrogen-bond acceptors (Lipinski definition) is 6. The molecule has 0 saturated heterocycles. The fourth-order valence-electron chi connectivity index (χ4n) is 2.31. The molecule has 0 aliphatic carbocycles. The Kier molecular flexibility index (Phi) is 3.88. The second-order valence-corrected chi connectivity index (χ2v) is 5.28. The minimum absolute atomic E-state index is 0.165. The van der Waals surface area contributed by atoms with Gasteiger partial charge in [0.2, 0.25) is 5.76 Å². The third-order valence-electron chi connectivity index (χ3n) is 3.55. The van der Waals surface area contributed by atoms with Gasteiger partial charge in [0.1, 0.15) is 5.69 Å². The first-order valence-electron chi connectivity index (χ1n) is 7.59. The number of amides is 1. The van der Waals surface area contributed by atoms with Crippen molar-refractivity contribution in [2.45, 2.75) is 6.54 Å². The number of carbonyl (C=O) groups is 1. The predicted octanol–water partition coefficient (Wildman–Crippen LogP) is 3.52. The lowest BCUT2D eigenvalue weighted by Gasteiger charge is -1.97. The molecule has 0 fully saturated rings. The Morgan fingerprint density at radius 3 is 2.56 bits per heavy atom. The molecule has 0 saturated carbocycles. The summed E-state index contributed by atoms with van der Waals surface area (Å²) >= 11 is 0. The van der Waals surface area contributed by atoms with Crippen LogP contribution in [0.2, 0.25) is 0 Å². The Hall–Kier alpha value is -3.61. The van der Waals surface area contributed by atoms with E-state index in [4.69, 9.17) is 13.5 Å². The summed E-state index contributed by atoms with van der Waals surface area (Å²) in [6, 6.07) is 16.4. The van der Waals surface area contributed by atoms with Gasteiger partial charge >= 0.3 is 0 Å². The van der Waals surface area contributed by atoms with Crippen molar-refractivity contribution in [2.75, 3.05) is 0 Å². The van der Waals surface area contributed by atoms with Gasteiger partial charge in [-0.05, 0) is 12.1 Å². The molecule has 1 N–H and O–H groups in total. The quantitative estimate of drug-likeness (QED) is 0.599. The SMILES string of the molecule is O=C(NCc1cc(-c2ccccc2)on1)c1cc(-c2ccco2)on1. The van der Waals surface area contributed by atoms with Crippen molar-refractivity contribution in [3.63, 3.8) is 0 Å². The second-order valence-electron chi connectivity index (χ2n) is 5.28. The zero-order valence-electron chi connectivity index (χ0n) is 13.0. The third-order valence-corrected chi connectivity index (χ3v) is 3.55. The van der Waals surface area contributed by atoms with Crippen molar-refractivity contribution in [3.8, 4) is 22.8 Å². The Labute approximate surface area is 142 Å². The number of rotatable bonds is 5. The van der Waals surface area contributed by atoms with Crippen LogP contribution >= 0.6 is 0 Å². The van der Waals surface area contributed by atoms with Crippen molar-refractivity contribution >= 4 is 5.91 Å². The second kappa shape index (κ2) is 6.48. The molecule has 0 unspecified atom stereocenters. The monoisotopic (exact) mass is 335 g/mol. The highest BCUT2D eigenvalue weighted by Gasteiger charge is 2.15. The number of hydrogen-bond donors (Lipinski definition) is 1. The maximum Gasteiger partial charge on any atom is 0.273 e. The fourth-order valence-corrected chi connectivity index (χ4v) is 2.31. The number of furan rings is 1. The van der Waals surface area contributed by atoms with E-state index in [0.717, 1.165) is 5.56 Å². The maximum atomic E-state index is 12.2. The summed E-state index contributed by atoms with van der Waals surface area (Å²) in [7, 11) is 0. The molecule has 0 spiro atoms. The normalized spacial score (nSPS) is 10.7. The molecule has 4 aromatic rings. The van der Waals surface area contributed by atoms with Crippen LogP contribution in [0.25, 0.3) is 22.8 Å². The van der Waals surface area contributed by atoms with E-state index in [1.165, 1.54) is 12.3 Å². The van der Waals surface area contributed by atoms with Crippen LogP contribution in [0, 0.1) is 0 Å². The van der Waals surface area contributed by atoms with E-state index in [9.17, 15) is 4.79 Å². The predicted molar refractivity (Wildman–Crippen MR) is 87.3 cm³/mol. The molecule has 1 amide bonds. The van der Waals surface area contributed by atoms with Crippen LogP contribution in [0.15, 0.2) is 74.3 Å². The molecule has 0 radical (unpaired) electrons. The molecule has 1 aromatic carbocycles. The zero-order chi connectivity index (χ0) is 17.1. The van der Waals surface area contributed by atoms with Crippen molar-refractivity contribution in [1.82, 2.24) is 15.6 Å². The van der Waals surface area contributed by atoms with E-state index in [1.54, 1.807) is 18.2 Å². The maximum absolute atomic E-state index is 12.2. The number of nitrogens with one attached hydrogen (secondary N) is 1. The lowest BCUT2D eigenvalue weighted by molar-refractivity contribution is 0.0941. The van der Waals surface area contributed by atoms with E-state index in [2.05, 4.69) is 15.6 Å². The molecule has 3 aromatic heterocycles. The lowest BCUT2D eigenvalue weighted by atomic mass is 10.2. The van der Waals surface area contributed by atoms with E-state index in [1.807, 2.05) is 30.3 Å². The molecular weight excluding hydrogens is 322 g/mol. The lowest BCUT2D eigenvalue weighted by Crippen LogP contribution is -2.23. The Balaban J connectivity index is 1.40. The van der Waals surface area contributed by atoms with Crippen LogP contribution in [-0.2, 0) is 6.54 Å². The highest BCUT2D eigenvalue weighted by molar-refractivity contribution is 5.92. The summed E-state index contributed by atoms with van der Waals surface area (Å²) < 4.78 is 15.6. The van der Waals surface area contributed by atoms with Crippen LogP contribution in [0.3, 0.4) is 0 Å². The van der Waals surface area contributed by atoms with Crippen LogP contribution in [-0.4, -0.2) is 16.2 Å². The average molecular weight is 335 g/mol. The zero-order valence-corrected chi connectivity index (χ0v) is 13.0. The molecule has 0 aliphatic heterocycles. The number of carbonyl (C=O) groups excluding carboxylic acids is 1. The minimum Gasteiger partial charge on any atom is -0.461 e. The van der Waals surface area contributed by atoms with E-state index in [-0.39, 0.29) is 18.1 Å². The molecule has 0 bridgehead atoms.